The Balaban J connectivity index is 1.98. The number of aliphatic carboxylic acids is 1. The third-order valence-electron chi connectivity index (χ3n) is 2.53. The van der Waals surface area contributed by atoms with Crippen molar-refractivity contribution in [3.63, 3.8) is 0 Å². The molecule has 0 aliphatic heterocycles. The molecule has 0 spiro atoms. The van der Waals surface area contributed by atoms with Gasteiger partial charge in [-0.15, -0.1) is 11.3 Å². The monoisotopic (exact) mass is 332 g/mol. The van der Waals surface area contributed by atoms with Gasteiger partial charge in [0.1, 0.15) is 0 Å². The van der Waals surface area contributed by atoms with Crippen molar-refractivity contribution in [2.75, 3.05) is 5.32 Å². The van der Waals surface area contributed by atoms with Crippen molar-refractivity contribution in [3.05, 3.63) is 58.3 Å². The van der Waals surface area contributed by atoms with Crippen LogP contribution < -0.4 is 10.6 Å². The first-order chi connectivity index (χ1) is 10.5. The van der Waals surface area contributed by atoms with Crippen LogP contribution in [0.4, 0.5) is 5.69 Å². The van der Waals surface area contributed by atoms with Crippen LogP contribution in [0, 0.1) is 0 Å². The van der Waals surface area contributed by atoms with E-state index in [1.54, 1.807) is 36.4 Å². The SMILES string of the molecule is O=C(O)/C=C/c1cccc(NC(=S)NC(=O)c2cccs2)c1. The van der Waals surface area contributed by atoms with E-state index in [1.807, 2.05) is 5.38 Å². The van der Waals surface area contributed by atoms with Crippen LogP contribution in [0.2, 0.25) is 0 Å². The number of carboxylic acids is 1. The van der Waals surface area contributed by atoms with Crippen LogP contribution in [0.15, 0.2) is 47.9 Å². The molecule has 1 aromatic heterocycles. The second kappa shape index (κ2) is 7.48. The predicted molar refractivity (Wildman–Crippen MR) is 91.1 cm³/mol. The van der Waals surface area contributed by atoms with Crippen molar-refractivity contribution in [1.82, 2.24) is 5.32 Å². The van der Waals surface area contributed by atoms with Crippen molar-refractivity contribution < 1.29 is 14.7 Å². The van der Waals surface area contributed by atoms with Gasteiger partial charge in [0, 0.05) is 11.8 Å². The molecule has 112 valence electrons. The smallest absolute Gasteiger partial charge is 0.328 e. The number of amides is 1. The van der Waals surface area contributed by atoms with Gasteiger partial charge in [-0.25, -0.2) is 4.79 Å². The summed E-state index contributed by atoms with van der Waals surface area (Å²) in [6.45, 7) is 0. The van der Waals surface area contributed by atoms with E-state index in [1.165, 1.54) is 17.4 Å². The molecule has 22 heavy (non-hydrogen) atoms. The zero-order valence-electron chi connectivity index (χ0n) is 11.3. The Hall–Kier alpha value is -2.51. The number of anilines is 1. The molecule has 0 radical (unpaired) electrons. The largest absolute Gasteiger partial charge is 0.478 e. The van der Waals surface area contributed by atoms with Gasteiger partial charge in [-0.2, -0.15) is 0 Å². The summed E-state index contributed by atoms with van der Waals surface area (Å²) >= 11 is 6.41. The molecule has 0 aliphatic carbocycles. The average Bonchev–Trinajstić information content (AvgIpc) is 2.99. The van der Waals surface area contributed by atoms with Crippen LogP contribution in [-0.4, -0.2) is 22.1 Å². The van der Waals surface area contributed by atoms with Crippen molar-refractivity contribution in [1.29, 1.82) is 0 Å². The van der Waals surface area contributed by atoms with Gasteiger partial charge >= 0.3 is 5.97 Å². The quantitative estimate of drug-likeness (QED) is 0.593. The van der Waals surface area contributed by atoms with Gasteiger partial charge in [0.2, 0.25) is 0 Å². The molecular weight excluding hydrogens is 320 g/mol. The van der Waals surface area contributed by atoms with E-state index in [2.05, 4.69) is 10.6 Å². The van der Waals surface area contributed by atoms with Crippen LogP contribution in [0.5, 0.6) is 0 Å². The molecule has 1 aromatic carbocycles. The molecule has 0 atom stereocenters. The Morgan fingerprint density at radius 1 is 1.23 bits per heavy atom. The van der Waals surface area contributed by atoms with E-state index in [0.717, 1.165) is 6.08 Å². The van der Waals surface area contributed by atoms with Crippen molar-refractivity contribution in [2.24, 2.45) is 0 Å². The summed E-state index contributed by atoms with van der Waals surface area (Å²) in [5.74, 6) is -1.29. The van der Waals surface area contributed by atoms with Gasteiger partial charge in [0.15, 0.2) is 5.11 Å². The van der Waals surface area contributed by atoms with Crippen LogP contribution >= 0.6 is 23.6 Å². The lowest BCUT2D eigenvalue weighted by molar-refractivity contribution is -0.131. The second-order valence-corrected chi connectivity index (χ2v) is 5.54. The number of carbonyl (C=O) groups excluding carboxylic acids is 1. The molecule has 0 fully saturated rings. The first-order valence-corrected chi connectivity index (χ1v) is 7.50. The molecule has 1 amide bonds. The topological polar surface area (TPSA) is 78.4 Å². The van der Waals surface area contributed by atoms with Crippen molar-refractivity contribution in [2.45, 2.75) is 0 Å². The van der Waals surface area contributed by atoms with Gasteiger partial charge < -0.3 is 10.4 Å². The zero-order chi connectivity index (χ0) is 15.9. The zero-order valence-corrected chi connectivity index (χ0v) is 12.9. The summed E-state index contributed by atoms with van der Waals surface area (Å²) in [4.78, 5) is 22.9. The number of hydrogen-bond donors (Lipinski definition) is 3. The summed E-state index contributed by atoms with van der Waals surface area (Å²) in [6.07, 6.45) is 2.52. The Kier molecular flexibility index (Phi) is 5.40. The summed E-state index contributed by atoms with van der Waals surface area (Å²) in [7, 11) is 0. The summed E-state index contributed by atoms with van der Waals surface area (Å²) in [5.41, 5.74) is 1.36. The highest BCUT2D eigenvalue weighted by atomic mass is 32.1. The molecule has 5 nitrogen and oxygen atoms in total. The molecule has 0 unspecified atom stereocenters. The number of thiocarbonyl (C=S) groups is 1. The van der Waals surface area contributed by atoms with Crippen LogP contribution in [0.1, 0.15) is 15.2 Å². The summed E-state index contributed by atoms with van der Waals surface area (Å²) in [6, 6.07) is 10.5. The minimum atomic E-state index is -1.02. The number of benzene rings is 1. The molecule has 2 aromatic rings. The van der Waals surface area contributed by atoms with Gasteiger partial charge in [-0.05, 0) is 47.4 Å². The maximum atomic E-state index is 11.8. The molecule has 7 heteroatoms. The molecule has 3 N–H and O–H groups in total. The standard InChI is InChI=1S/C15H12N2O3S2/c18-13(19)7-6-10-3-1-4-11(9-10)16-15(21)17-14(20)12-5-2-8-22-12/h1-9H,(H,18,19)(H2,16,17,20,21)/b7-6+. The molecular formula is C15H12N2O3S2. The van der Waals surface area contributed by atoms with Gasteiger partial charge in [-0.1, -0.05) is 18.2 Å². The van der Waals surface area contributed by atoms with E-state index < -0.39 is 5.97 Å². The highest BCUT2D eigenvalue weighted by Gasteiger charge is 2.08. The minimum Gasteiger partial charge on any atom is -0.478 e. The third-order valence-corrected chi connectivity index (χ3v) is 3.61. The highest BCUT2D eigenvalue weighted by Crippen LogP contribution is 2.12. The minimum absolute atomic E-state index is 0.178. The number of rotatable bonds is 4. The van der Waals surface area contributed by atoms with Crippen molar-refractivity contribution >= 4 is 52.3 Å². The average molecular weight is 332 g/mol. The second-order valence-electron chi connectivity index (χ2n) is 4.18. The molecule has 2 rings (SSSR count). The maximum Gasteiger partial charge on any atom is 0.328 e. The fourth-order valence-corrected chi connectivity index (χ4v) is 2.45. The lowest BCUT2D eigenvalue weighted by Gasteiger charge is -2.09. The van der Waals surface area contributed by atoms with Crippen LogP contribution in [0.25, 0.3) is 6.08 Å². The van der Waals surface area contributed by atoms with Gasteiger partial charge in [0.05, 0.1) is 4.88 Å². The van der Waals surface area contributed by atoms with E-state index >= 15 is 0 Å². The first kappa shape index (κ1) is 15.9. The number of carbonyl (C=O) groups is 2. The fraction of sp³-hybridized carbons (Fsp3) is 0. The van der Waals surface area contributed by atoms with E-state index in [-0.39, 0.29) is 11.0 Å². The Morgan fingerprint density at radius 2 is 2.05 bits per heavy atom. The highest BCUT2D eigenvalue weighted by molar-refractivity contribution is 7.80. The molecule has 0 bridgehead atoms. The summed E-state index contributed by atoms with van der Waals surface area (Å²) in [5, 5.41) is 16.1. The third kappa shape index (κ3) is 4.80. The fourth-order valence-electron chi connectivity index (χ4n) is 1.62. The van der Waals surface area contributed by atoms with Gasteiger partial charge in [-0.3, -0.25) is 10.1 Å². The van der Waals surface area contributed by atoms with Crippen LogP contribution in [0.3, 0.4) is 0 Å². The molecule has 1 heterocycles. The number of hydrogen-bond acceptors (Lipinski definition) is 4. The van der Waals surface area contributed by atoms with Crippen LogP contribution in [-0.2, 0) is 4.79 Å². The Morgan fingerprint density at radius 3 is 2.73 bits per heavy atom. The normalized spacial score (nSPS) is 10.4. The Labute approximate surface area is 136 Å². The number of thiophene rings is 1. The Bertz CT molecular complexity index is 724. The summed E-state index contributed by atoms with van der Waals surface area (Å²) < 4.78 is 0. The molecule has 0 aliphatic rings. The van der Waals surface area contributed by atoms with Gasteiger partial charge in [0.25, 0.3) is 5.91 Å². The molecule has 0 saturated carbocycles. The number of nitrogens with one attached hydrogen (secondary N) is 2. The predicted octanol–water partition coefficient (Wildman–Crippen LogP) is 2.97. The molecule has 0 saturated heterocycles. The van der Waals surface area contributed by atoms with E-state index in [9.17, 15) is 9.59 Å². The van der Waals surface area contributed by atoms with Crippen molar-refractivity contribution in [3.8, 4) is 0 Å². The van der Waals surface area contributed by atoms with E-state index in [4.69, 9.17) is 17.3 Å². The lowest BCUT2D eigenvalue weighted by Crippen LogP contribution is -2.33. The first-order valence-electron chi connectivity index (χ1n) is 6.21. The lowest BCUT2D eigenvalue weighted by atomic mass is 10.2. The number of carboxylic acid groups (broad SMARTS) is 1. The maximum absolute atomic E-state index is 11.8. The van der Waals surface area contributed by atoms with E-state index in [0.29, 0.717) is 16.1 Å².